The van der Waals surface area contributed by atoms with Crippen molar-refractivity contribution < 1.29 is 14.6 Å². The van der Waals surface area contributed by atoms with Gasteiger partial charge in [-0.05, 0) is 32.1 Å². The van der Waals surface area contributed by atoms with Crippen LogP contribution in [0.2, 0.25) is 0 Å². The Morgan fingerprint density at radius 1 is 1.21 bits per heavy atom. The van der Waals surface area contributed by atoms with Crippen LogP contribution in [-0.2, 0) is 9.47 Å². The lowest BCUT2D eigenvalue weighted by molar-refractivity contribution is -0.0103. The Morgan fingerprint density at radius 2 is 1.89 bits per heavy atom. The van der Waals surface area contributed by atoms with Crippen molar-refractivity contribution in [3.05, 3.63) is 0 Å². The lowest BCUT2D eigenvalue weighted by Crippen LogP contribution is -2.36. The van der Waals surface area contributed by atoms with Crippen molar-refractivity contribution in [2.24, 2.45) is 5.41 Å². The molecule has 1 aliphatic carbocycles. The minimum atomic E-state index is -0.427. The summed E-state index contributed by atoms with van der Waals surface area (Å²) in [7, 11) is 0. The van der Waals surface area contributed by atoms with Crippen molar-refractivity contribution in [3.8, 4) is 0 Å². The SMILES string of the molecule is CC(C)OCCOCC(O)CNCC1(C)CCCC1. The first-order valence-electron chi connectivity index (χ1n) is 7.60. The molecule has 1 atom stereocenters. The largest absolute Gasteiger partial charge is 0.389 e. The van der Waals surface area contributed by atoms with Gasteiger partial charge in [-0.25, -0.2) is 0 Å². The lowest BCUT2D eigenvalue weighted by atomic mass is 9.89. The van der Waals surface area contributed by atoms with Crippen LogP contribution in [0.25, 0.3) is 0 Å². The molecule has 114 valence electrons. The molecule has 0 aromatic carbocycles. The van der Waals surface area contributed by atoms with Gasteiger partial charge >= 0.3 is 0 Å². The molecule has 4 heteroatoms. The van der Waals surface area contributed by atoms with Crippen molar-refractivity contribution in [1.82, 2.24) is 5.32 Å². The maximum absolute atomic E-state index is 9.79. The highest BCUT2D eigenvalue weighted by atomic mass is 16.5. The Bertz CT molecular complexity index is 227. The van der Waals surface area contributed by atoms with Gasteiger partial charge in [0.25, 0.3) is 0 Å². The molecule has 0 bridgehead atoms. The molecule has 1 unspecified atom stereocenters. The molecule has 2 N–H and O–H groups in total. The molecule has 0 aromatic heterocycles. The Balaban J connectivity index is 1.94. The quantitative estimate of drug-likeness (QED) is 0.597. The number of rotatable bonds is 10. The van der Waals surface area contributed by atoms with E-state index in [0.29, 0.717) is 31.8 Å². The van der Waals surface area contributed by atoms with E-state index in [1.807, 2.05) is 13.8 Å². The second-order valence-electron chi connectivity index (χ2n) is 6.30. The van der Waals surface area contributed by atoms with Gasteiger partial charge in [-0.15, -0.1) is 0 Å². The molecule has 0 amide bonds. The number of aliphatic hydroxyl groups is 1. The fourth-order valence-corrected chi connectivity index (χ4v) is 2.57. The van der Waals surface area contributed by atoms with Gasteiger partial charge < -0.3 is 19.9 Å². The average molecular weight is 273 g/mol. The highest BCUT2D eigenvalue weighted by Crippen LogP contribution is 2.36. The highest BCUT2D eigenvalue weighted by molar-refractivity contribution is 4.82. The summed E-state index contributed by atoms with van der Waals surface area (Å²) < 4.78 is 10.7. The first kappa shape index (κ1) is 16.9. The second-order valence-corrected chi connectivity index (χ2v) is 6.30. The minimum Gasteiger partial charge on any atom is -0.389 e. The number of aliphatic hydroxyl groups excluding tert-OH is 1. The van der Waals surface area contributed by atoms with E-state index < -0.39 is 6.10 Å². The highest BCUT2D eigenvalue weighted by Gasteiger charge is 2.27. The van der Waals surface area contributed by atoms with Crippen LogP contribution in [0, 0.1) is 5.41 Å². The summed E-state index contributed by atoms with van der Waals surface area (Å²) in [4.78, 5) is 0. The molecular weight excluding hydrogens is 242 g/mol. The van der Waals surface area contributed by atoms with Gasteiger partial charge in [-0.3, -0.25) is 0 Å². The van der Waals surface area contributed by atoms with Crippen LogP contribution in [0.4, 0.5) is 0 Å². The Kier molecular flexibility index (Phi) is 7.91. The number of ether oxygens (including phenoxy) is 2. The standard InChI is InChI=1S/C15H31NO3/c1-13(2)19-9-8-18-11-14(17)10-16-12-15(3)6-4-5-7-15/h13-14,16-17H,4-12H2,1-3H3. The molecule has 0 saturated heterocycles. The molecule has 0 aliphatic heterocycles. The molecule has 1 rings (SSSR count). The summed E-state index contributed by atoms with van der Waals surface area (Å²) in [6.07, 6.45) is 5.11. The van der Waals surface area contributed by atoms with E-state index in [0.717, 1.165) is 6.54 Å². The van der Waals surface area contributed by atoms with Gasteiger partial charge in [-0.2, -0.15) is 0 Å². The van der Waals surface area contributed by atoms with E-state index in [9.17, 15) is 5.11 Å². The van der Waals surface area contributed by atoms with E-state index in [1.165, 1.54) is 25.7 Å². The summed E-state index contributed by atoms with van der Waals surface area (Å²) in [6, 6.07) is 0. The van der Waals surface area contributed by atoms with E-state index in [2.05, 4.69) is 12.2 Å². The number of nitrogens with one attached hydrogen (secondary N) is 1. The van der Waals surface area contributed by atoms with E-state index in [1.54, 1.807) is 0 Å². The molecule has 0 heterocycles. The molecule has 4 nitrogen and oxygen atoms in total. The molecule has 1 fully saturated rings. The average Bonchev–Trinajstić information content (AvgIpc) is 2.75. The van der Waals surface area contributed by atoms with Gasteiger partial charge in [-0.1, -0.05) is 19.8 Å². The van der Waals surface area contributed by atoms with Gasteiger partial charge in [0, 0.05) is 13.1 Å². The smallest absolute Gasteiger partial charge is 0.0897 e. The molecule has 1 saturated carbocycles. The fraction of sp³-hybridized carbons (Fsp3) is 1.00. The van der Waals surface area contributed by atoms with Crippen LogP contribution in [0.15, 0.2) is 0 Å². The van der Waals surface area contributed by atoms with Crippen LogP contribution in [0.1, 0.15) is 46.5 Å². The molecular formula is C15H31NO3. The Labute approximate surface area is 117 Å². The van der Waals surface area contributed by atoms with Gasteiger partial charge in [0.05, 0.1) is 32.0 Å². The summed E-state index contributed by atoms with van der Waals surface area (Å²) in [5, 5.41) is 13.2. The van der Waals surface area contributed by atoms with Crippen LogP contribution >= 0.6 is 0 Å². The van der Waals surface area contributed by atoms with E-state index in [-0.39, 0.29) is 6.10 Å². The summed E-state index contributed by atoms with van der Waals surface area (Å²) in [5.41, 5.74) is 0.436. The maximum Gasteiger partial charge on any atom is 0.0897 e. The van der Waals surface area contributed by atoms with E-state index in [4.69, 9.17) is 9.47 Å². The van der Waals surface area contributed by atoms with Gasteiger partial charge in [0.2, 0.25) is 0 Å². The normalized spacial score (nSPS) is 20.1. The van der Waals surface area contributed by atoms with Crippen molar-refractivity contribution in [2.45, 2.75) is 58.7 Å². The number of hydrogen-bond donors (Lipinski definition) is 2. The Morgan fingerprint density at radius 3 is 2.53 bits per heavy atom. The van der Waals surface area contributed by atoms with Crippen LogP contribution in [0.5, 0.6) is 0 Å². The van der Waals surface area contributed by atoms with Crippen molar-refractivity contribution >= 4 is 0 Å². The van der Waals surface area contributed by atoms with Crippen molar-refractivity contribution in [2.75, 3.05) is 32.9 Å². The topological polar surface area (TPSA) is 50.7 Å². The zero-order chi connectivity index (χ0) is 14.1. The predicted molar refractivity (Wildman–Crippen MR) is 77.4 cm³/mol. The van der Waals surface area contributed by atoms with Crippen LogP contribution in [-0.4, -0.2) is 50.2 Å². The van der Waals surface area contributed by atoms with E-state index >= 15 is 0 Å². The first-order chi connectivity index (χ1) is 9.02. The third-order valence-corrected chi connectivity index (χ3v) is 3.73. The zero-order valence-corrected chi connectivity index (χ0v) is 12.8. The Hall–Kier alpha value is -0.160. The first-order valence-corrected chi connectivity index (χ1v) is 7.60. The summed E-state index contributed by atoms with van der Waals surface area (Å²) in [5.74, 6) is 0. The van der Waals surface area contributed by atoms with Gasteiger partial charge in [0.1, 0.15) is 0 Å². The minimum absolute atomic E-state index is 0.238. The third kappa shape index (κ3) is 7.88. The third-order valence-electron chi connectivity index (χ3n) is 3.73. The van der Waals surface area contributed by atoms with Crippen molar-refractivity contribution in [1.29, 1.82) is 0 Å². The maximum atomic E-state index is 9.79. The molecule has 1 aliphatic rings. The monoisotopic (exact) mass is 273 g/mol. The molecule has 0 radical (unpaired) electrons. The predicted octanol–water partition coefficient (Wildman–Crippen LogP) is 1.96. The van der Waals surface area contributed by atoms with Crippen LogP contribution < -0.4 is 5.32 Å². The lowest BCUT2D eigenvalue weighted by Gasteiger charge is -2.24. The fourth-order valence-electron chi connectivity index (χ4n) is 2.57. The zero-order valence-electron chi connectivity index (χ0n) is 12.8. The molecule has 0 aromatic rings. The van der Waals surface area contributed by atoms with Gasteiger partial charge in [0.15, 0.2) is 0 Å². The summed E-state index contributed by atoms with van der Waals surface area (Å²) in [6.45, 7) is 9.47. The van der Waals surface area contributed by atoms with Crippen LogP contribution in [0.3, 0.4) is 0 Å². The molecule has 0 spiro atoms. The molecule has 19 heavy (non-hydrogen) atoms. The second kappa shape index (κ2) is 8.90. The van der Waals surface area contributed by atoms with Crippen molar-refractivity contribution in [3.63, 3.8) is 0 Å². The number of hydrogen-bond acceptors (Lipinski definition) is 4. The summed E-state index contributed by atoms with van der Waals surface area (Å²) >= 11 is 0.